The lowest BCUT2D eigenvalue weighted by molar-refractivity contribution is -0.384. The van der Waals surface area contributed by atoms with Gasteiger partial charge in [-0.25, -0.2) is 0 Å². The van der Waals surface area contributed by atoms with Gasteiger partial charge in [-0.15, -0.1) is 0 Å². The van der Waals surface area contributed by atoms with Crippen LogP contribution in [0.25, 0.3) is 11.4 Å². The maximum absolute atomic E-state index is 12.7. The van der Waals surface area contributed by atoms with Gasteiger partial charge in [-0.2, -0.15) is 4.98 Å². The van der Waals surface area contributed by atoms with Crippen molar-refractivity contribution in [2.24, 2.45) is 5.92 Å². The molecule has 1 saturated heterocycles. The summed E-state index contributed by atoms with van der Waals surface area (Å²) in [5, 5.41) is 18.5. The van der Waals surface area contributed by atoms with Gasteiger partial charge in [0.2, 0.25) is 17.6 Å². The minimum atomic E-state index is -0.469. The molecule has 10 heteroatoms. The molecule has 0 aliphatic carbocycles. The zero-order valence-electron chi connectivity index (χ0n) is 17.5. The normalized spacial score (nSPS) is 14.9. The van der Waals surface area contributed by atoms with Gasteiger partial charge in [0.1, 0.15) is 0 Å². The van der Waals surface area contributed by atoms with Crippen LogP contribution in [0.4, 0.5) is 11.4 Å². The van der Waals surface area contributed by atoms with Crippen LogP contribution in [0, 0.1) is 23.0 Å². The number of nitrogens with zero attached hydrogens (tertiary/aromatic N) is 4. The molecule has 0 atom stereocenters. The number of benzene rings is 2. The van der Waals surface area contributed by atoms with Gasteiger partial charge in [0.15, 0.2) is 0 Å². The molecule has 4 rings (SSSR count). The van der Waals surface area contributed by atoms with Gasteiger partial charge in [-0.3, -0.25) is 19.8 Å². The number of nitro benzene ring substituents is 1. The standard InChI is InChI=1S/C22H22ClN5O4/c1-14-5-6-18(28(30)31)12-19(14)24-22(29)15-7-9-27(10-8-15)13-20-25-21(26-32-20)16-3-2-4-17(23)11-16/h2-6,11-12,15H,7-10,13H2,1H3,(H,24,29). The van der Waals surface area contributed by atoms with Crippen LogP contribution in [-0.4, -0.2) is 39.0 Å². The van der Waals surface area contributed by atoms with E-state index < -0.39 is 4.92 Å². The third-order valence-corrected chi connectivity index (χ3v) is 5.79. The van der Waals surface area contributed by atoms with E-state index >= 15 is 0 Å². The first-order chi connectivity index (χ1) is 15.4. The van der Waals surface area contributed by atoms with Crippen molar-refractivity contribution in [3.8, 4) is 11.4 Å². The van der Waals surface area contributed by atoms with Crippen LogP contribution >= 0.6 is 11.6 Å². The van der Waals surface area contributed by atoms with Crippen molar-refractivity contribution in [3.05, 3.63) is 69.1 Å². The van der Waals surface area contributed by atoms with E-state index in [1.807, 2.05) is 19.1 Å². The summed E-state index contributed by atoms with van der Waals surface area (Å²) in [6.07, 6.45) is 1.35. The summed E-state index contributed by atoms with van der Waals surface area (Å²) < 4.78 is 5.38. The number of halogens is 1. The molecular weight excluding hydrogens is 434 g/mol. The number of amides is 1. The van der Waals surface area contributed by atoms with Crippen molar-refractivity contribution >= 4 is 28.9 Å². The van der Waals surface area contributed by atoms with Gasteiger partial charge >= 0.3 is 0 Å². The number of hydrogen-bond acceptors (Lipinski definition) is 7. The van der Waals surface area contributed by atoms with E-state index in [9.17, 15) is 14.9 Å². The summed E-state index contributed by atoms with van der Waals surface area (Å²) in [4.78, 5) is 29.8. The monoisotopic (exact) mass is 455 g/mol. The van der Waals surface area contributed by atoms with Gasteiger partial charge in [0.25, 0.3) is 5.69 Å². The van der Waals surface area contributed by atoms with Crippen LogP contribution in [0.3, 0.4) is 0 Å². The Morgan fingerprint density at radius 3 is 2.78 bits per heavy atom. The lowest BCUT2D eigenvalue weighted by Crippen LogP contribution is -2.37. The topological polar surface area (TPSA) is 114 Å². The molecule has 0 bridgehead atoms. The Balaban J connectivity index is 1.31. The molecule has 1 amide bonds. The Morgan fingerprint density at radius 1 is 1.28 bits per heavy atom. The zero-order chi connectivity index (χ0) is 22.7. The number of aromatic nitrogens is 2. The van der Waals surface area contributed by atoms with Crippen LogP contribution in [0.1, 0.15) is 24.3 Å². The van der Waals surface area contributed by atoms with Gasteiger partial charge in [-0.1, -0.05) is 35.0 Å². The first-order valence-corrected chi connectivity index (χ1v) is 10.6. The molecule has 1 fully saturated rings. The molecule has 3 aromatic rings. The molecule has 1 aliphatic heterocycles. The smallest absolute Gasteiger partial charge is 0.271 e. The molecule has 32 heavy (non-hydrogen) atoms. The van der Waals surface area contributed by atoms with E-state index in [2.05, 4.69) is 20.4 Å². The van der Waals surface area contributed by atoms with Gasteiger partial charge in [0, 0.05) is 28.6 Å². The largest absolute Gasteiger partial charge is 0.338 e. The SMILES string of the molecule is Cc1ccc([N+](=O)[O-])cc1NC(=O)C1CCN(Cc2nc(-c3cccc(Cl)c3)no2)CC1. The molecular formula is C22H22ClN5O4. The number of nitro groups is 1. The van der Waals surface area contributed by atoms with Crippen molar-refractivity contribution in [2.45, 2.75) is 26.3 Å². The summed E-state index contributed by atoms with van der Waals surface area (Å²) in [6.45, 7) is 3.73. The molecule has 166 valence electrons. The average molecular weight is 456 g/mol. The Morgan fingerprint density at radius 2 is 2.06 bits per heavy atom. The first-order valence-electron chi connectivity index (χ1n) is 10.3. The second-order valence-corrected chi connectivity index (χ2v) is 8.25. The van der Waals surface area contributed by atoms with Crippen LogP contribution in [0.15, 0.2) is 47.0 Å². The number of piperidine rings is 1. The second-order valence-electron chi connectivity index (χ2n) is 7.82. The van der Waals surface area contributed by atoms with Crippen molar-refractivity contribution < 1.29 is 14.2 Å². The fourth-order valence-electron chi connectivity index (χ4n) is 3.70. The highest BCUT2D eigenvalue weighted by Gasteiger charge is 2.26. The predicted molar refractivity (Wildman–Crippen MR) is 119 cm³/mol. The van der Waals surface area contributed by atoms with Gasteiger partial charge in [0.05, 0.1) is 17.2 Å². The maximum Gasteiger partial charge on any atom is 0.271 e. The van der Waals surface area contributed by atoms with E-state index in [0.29, 0.717) is 54.9 Å². The third kappa shape index (κ3) is 5.12. The van der Waals surface area contributed by atoms with Crippen LogP contribution in [-0.2, 0) is 11.3 Å². The van der Waals surface area contributed by atoms with E-state index in [0.717, 1.165) is 11.1 Å². The maximum atomic E-state index is 12.7. The van der Waals surface area contributed by atoms with E-state index in [4.69, 9.17) is 16.1 Å². The number of aryl methyl sites for hydroxylation is 1. The molecule has 1 N–H and O–H groups in total. The number of rotatable bonds is 6. The second kappa shape index (κ2) is 9.46. The Hall–Kier alpha value is -3.30. The fourth-order valence-corrected chi connectivity index (χ4v) is 3.89. The molecule has 2 aromatic carbocycles. The number of likely N-dealkylation sites (tertiary alicyclic amines) is 1. The number of non-ortho nitro benzene ring substituents is 1. The van der Waals surface area contributed by atoms with Crippen molar-refractivity contribution in [1.29, 1.82) is 0 Å². The molecule has 0 radical (unpaired) electrons. The Bertz CT molecular complexity index is 1140. The molecule has 0 spiro atoms. The highest BCUT2D eigenvalue weighted by molar-refractivity contribution is 6.30. The van der Waals surface area contributed by atoms with E-state index in [-0.39, 0.29) is 17.5 Å². The van der Waals surface area contributed by atoms with Crippen molar-refractivity contribution in [3.63, 3.8) is 0 Å². The summed E-state index contributed by atoms with van der Waals surface area (Å²) in [5.74, 6) is 0.725. The summed E-state index contributed by atoms with van der Waals surface area (Å²) >= 11 is 6.02. The predicted octanol–water partition coefficient (Wildman–Crippen LogP) is 4.46. The Labute approximate surface area is 189 Å². The number of carbonyl (C=O) groups excluding carboxylic acids is 1. The van der Waals surface area contributed by atoms with Crippen molar-refractivity contribution in [1.82, 2.24) is 15.0 Å². The lowest BCUT2D eigenvalue weighted by Gasteiger charge is -2.30. The quantitative estimate of drug-likeness (QED) is 0.431. The van der Waals surface area contributed by atoms with Crippen LogP contribution in [0.5, 0.6) is 0 Å². The lowest BCUT2D eigenvalue weighted by atomic mass is 9.95. The third-order valence-electron chi connectivity index (χ3n) is 5.56. The average Bonchev–Trinajstić information content (AvgIpc) is 3.24. The van der Waals surface area contributed by atoms with E-state index in [1.54, 1.807) is 18.2 Å². The minimum absolute atomic E-state index is 0.0441. The molecule has 9 nitrogen and oxygen atoms in total. The fraction of sp³-hybridized carbons (Fsp3) is 0.318. The summed E-state index contributed by atoms with van der Waals surface area (Å²) in [6, 6.07) is 11.7. The summed E-state index contributed by atoms with van der Waals surface area (Å²) in [7, 11) is 0. The zero-order valence-corrected chi connectivity index (χ0v) is 18.2. The number of nitrogens with one attached hydrogen (secondary N) is 1. The molecule has 0 unspecified atom stereocenters. The molecule has 1 aromatic heterocycles. The Kier molecular flexibility index (Phi) is 6.48. The number of anilines is 1. The molecule has 2 heterocycles. The van der Waals surface area contributed by atoms with Gasteiger partial charge in [-0.05, 0) is 50.6 Å². The summed E-state index contributed by atoms with van der Waals surface area (Å²) in [5.41, 5.74) is 2.01. The molecule has 0 saturated carbocycles. The highest BCUT2D eigenvalue weighted by Crippen LogP contribution is 2.26. The minimum Gasteiger partial charge on any atom is -0.338 e. The van der Waals surface area contributed by atoms with Crippen LogP contribution in [0.2, 0.25) is 5.02 Å². The first kappa shape index (κ1) is 21.9. The van der Waals surface area contributed by atoms with E-state index in [1.165, 1.54) is 12.1 Å². The van der Waals surface area contributed by atoms with Gasteiger partial charge < -0.3 is 9.84 Å². The van der Waals surface area contributed by atoms with Crippen molar-refractivity contribution in [2.75, 3.05) is 18.4 Å². The number of hydrogen-bond donors (Lipinski definition) is 1. The molecule has 1 aliphatic rings. The van der Waals surface area contributed by atoms with Crippen LogP contribution < -0.4 is 5.32 Å². The number of carbonyl (C=O) groups is 1. The highest BCUT2D eigenvalue weighted by atomic mass is 35.5.